The predicted molar refractivity (Wildman–Crippen MR) is 82.9 cm³/mol. The summed E-state index contributed by atoms with van der Waals surface area (Å²) in [6.45, 7) is 4.07. The number of nitrogens with zero attached hydrogens (tertiary/aromatic N) is 2. The van der Waals surface area contributed by atoms with Gasteiger partial charge in [-0.1, -0.05) is 19.3 Å². The molecule has 1 N–H and O–H groups in total. The van der Waals surface area contributed by atoms with Gasteiger partial charge >= 0.3 is 5.97 Å². The number of aromatic carboxylic acids is 1. The van der Waals surface area contributed by atoms with Gasteiger partial charge in [0.2, 0.25) is 0 Å². The Morgan fingerprint density at radius 3 is 2.43 bits per heavy atom. The minimum Gasteiger partial charge on any atom is -0.478 e. The summed E-state index contributed by atoms with van der Waals surface area (Å²) in [5, 5.41) is 9.02. The zero-order valence-electron chi connectivity index (χ0n) is 12.8. The first-order chi connectivity index (χ1) is 10.1. The number of carboxylic acids is 1. The van der Waals surface area contributed by atoms with Gasteiger partial charge in [-0.05, 0) is 49.7 Å². The number of aromatic nitrogens is 1. The lowest BCUT2D eigenvalue weighted by atomic mass is 9.68. The van der Waals surface area contributed by atoms with Crippen LogP contribution in [0.25, 0.3) is 0 Å². The Morgan fingerprint density at radius 2 is 1.86 bits per heavy atom. The number of hydrogen-bond donors (Lipinski definition) is 1. The summed E-state index contributed by atoms with van der Waals surface area (Å²) in [5.41, 5.74) is 1.83. The number of hydrogen-bond acceptors (Lipinski definition) is 3. The van der Waals surface area contributed by atoms with Crippen LogP contribution in [-0.2, 0) is 0 Å². The minimum absolute atomic E-state index is 0.275. The fourth-order valence-corrected chi connectivity index (χ4v) is 4.01. The van der Waals surface area contributed by atoms with Crippen LogP contribution in [0.15, 0.2) is 12.3 Å². The number of pyridine rings is 1. The van der Waals surface area contributed by atoms with Gasteiger partial charge in [0, 0.05) is 19.3 Å². The second-order valence-corrected chi connectivity index (χ2v) is 6.72. The van der Waals surface area contributed by atoms with Crippen molar-refractivity contribution in [3.8, 4) is 0 Å². The maximum atomic E-state index is 11.0. The number of aryl methyl sites for hydroxylation is 1. The van der Waals surface area contributed by atoms with Crippen LogP contribution in [0.5, 0.6) is 0 Å². The average molecular weight is 288 g/mol. The molecule has 0 amide bonds. The number of carbonyl (C=O) groups is 1. The first kappa shape index (κ1) is 14.4. The summed E-state index contributed by atoms with van der Waals surface area (Å²) in [4.78, 5) is 17.7. The van der Waals surface area contributed by atoms with E-state index in [0.717, 1.165) is 24.5 Å². The van der Waals surface area contributed by atoms with E-state index >= 15 is 0 Å². The second-order valence-electron chi connectivity index (χ2n) is 6.72. The SMILES string of the molecule is Cc1cc(C(=O)O)cnc1N1CCC2(CCCCC2)CC1. The lowest BCUT2D eigenvalue weighted by Crippen LogP contribution is -2.41. The summed E-state index contributed by atoms with van der Waals surface area (Å²) >= 11 is 0. The summed E-state index contributed by atoms with van der Waals surface area (Å²) in [6.07, 6.45) is 11.0. The van der Waals surface area contributed by atoms with Gasteiger partial charge in [0.15, 0.2) is 0 Å². The van der Waals surface area contributed by atoms with Crippen LogP contribution in [0, 0.1) is 12.3 Å². The summed E-state index contributed by atoms with van der Waals surface area (Å²) in [7, 11) is 0. The second kappa shape index (κ2) is 5.66. The fourth-order valence-electron chi connectivity index (χ4n) is 4.01. The molecular weight excluding hydrogens is 264 g/mol. The van der Waals surface area contributed by atoms with E-state index in [1.165, 1.54) is 51.1 Å². The molecule has 21 heavy (non-hydrogen) atoms. The summed E-state index contributed by atoms with van der Waals surface area (Å²) in [5.74, 6) is 0.0580. The molecule has 1 aliphatic heterocycles. The largest absolute Gasteiger partial charge is 0.478 e. The van der Waals surface area contributed by atoms with Gasteiger partial charge in [0.05, 0.1) is 5.56 Å². The maximum absolute atomic E-state index is 11.0. The van der Waals surface area contributed by atoms with Crippen molar-refractivity contribution in [3.63, 3.8) is 0 Å². The van der Waals surface area contributed by atoms with E-state index in [1.807, 2.05) is 6.92 Å². The molecule has 2 heterocycles. The highest BCUT2D eigenvalue weighted by atomic mass is 16.4. The van der Waals surface area contributed by atoms with Crippen LogP contribution in [0.3, 0.4) is 0 Å². The van der Waals surface area contributed by atoms with Crippen molar-refractivity contribution in [1.29, 1.82) is 0 Å². The zero-order valence-corrected chi connectivity index (χ0v) is 12.8. The Labute approximate surface area is 126 Å². The Balaban J connectivity index is 1.70. The van der Waals surface area contributed by atoms with Crippen LogP contribution in [-0.4, -0.2) is 29.1 Å². The van der Waals surface area contributed by atoms with Crippen LogP contribution >= 0.6 is 0 Å². The van der Waals surface area contributed by atoms with Gasteiger partial charge in [0.25, 0.3) is 0 Å². The van der Waals surface area contributed by atoms with E-state index in [4.69, 9.17) is 5.11 Å². The summed E-state index contributed by atoms with van der Waals surface area (Å²) in [6, 6.07) is 1.73. The molecule has 0 atom stereocenters. The minimum atomic E-state index is -0.906. The fraction of sp³-hybridized carbons (Fsp3) is 0.647. The van der Waals surface area contributed by atoms with E-state index in [-0.39, 0.29) is 5.56 Å². The molecule has 114 valence electrons. The van der Waals surface area contributed by atoms with Crippen molar-refractivity contribution >= 4 is 11.8 Å². The molecule has 3 rings (SSSR count). The van der Waals surface area contributed by atoms with Crippen LogP contribution in [0.1, 0.15) is 60.9 Å². The Hall–Kier alpha value is -1.58. The molecule has 0 aromatic carbocycles. The maximum Gasteiger partial charge on any atom is 0.337 e. The zero-order chi connectivity index (χ0) is 14.9. The molecule has 4 heteroatoms. The van der Waals surface area contributed by atoms with Crippen LogP contribution in [0.4, 0.5) is 5.82 Å². The first-order valence-electron chi connectivity index (χ1n) is 8.05. The van der Waals surface area contributed by atoms with Gasteiger partial charge in [-0.3, -0.25) is 0 Å². The normalized spacial score (nSPS) is 21.5. The quantitative estimate of drug-likeness (QED) is 0.902. The highest BCUT2D eigenvalue weighted by molar-refractivity contribution is 5.87. The van der Waals surface area contributed by atoms with E-state index in [0.29, 0.717) is 5.41 Å². The highest BCUT2D eigenvalue weighted by Gasteiger charge is 2.35. The van der Waals surface area contributed by atoms with Crippen molar-refractivity contribution < 1.29 is 9.90 Å². The Bertz CT molecular complexity index is 526. The molecule has 1 aliphatic carbocycles. The number of carboxylic acid groups (broad SMARTS) is 1. The lowest BCUT2D eigenvalue weighted by Gasteiger charge is -2.45. The number of rotatable bonds is 2. The molecule has 1 saturated heterocycles. The monoisotopic (exact) mass is 288 g/mol. The Morgan fingerprint density at radius 1 is 1.19 bits per heavy atom. The molecule has 2 aliphatic rings. The molecular formula is C17H24N2O2. The molecule has 1 aromatic rings. The van der Waals surface area contributed by atoms with Crippen molar-refractivity contribution in [3.05, 3.63) is 23.4 Å². The predicted octanol–water partition coefficient (Wildman–Crippen LogP) is 3.64. The average Bonchev–Trinajstić information content (AvgIpc) is 2.49. The molecule has 1 saturated carbocycles. The summed E-state index contributed by atoms with van der Waals surface area (Å²) < 4.78 is 0. The third-order valence-corrected chi connectivity index (χ3v) is 5.34. The van der Waals surface area contributed by atoms with Gasteiger partial charge in [0.1, 0.15) is 5.82 Å². The van der Waals surface area contributed by atoms with Crippen LogP contribution < -0.4 is 4.90 Å². The van der Waals surface area contributed by atoms with Crippen molar-refractivity contribution in [1.82, 2.24) is 4.98 Å². The van der Waals surface area contributed by atoms with Crippen molar-refractivity contribution in [2.75, 3.05) is 18.0 Å². The molecule has 0 radical (unpaired) electrons. The number of anilines is 1. The van der Waals surface area contributed by atoms with Gasteiger partial charge in [-0.2, -0.15) is 0 Å². The molecule has 4 nitrogen and oxygen atoms in total. The standard InChI is InChI=1S/C17H24N2O2/c1-13-11-14(16(20)21)12-18-15(13)19-9-7-17(8-10-19)5-3-2-4-6-17/h11-12H,2-10H2,1H3,(H,20,21). The first-order valence-corrected chi connectivity index (χ1v) is 8.05. The molecule has 1 aromatic heterocycles. The van der Waals surface area contributed by atoms with E-state index < -0.39 is 5.97 Å². The van der Waals surface area contributed by atoms with E-state index in [2.05, 4.69) is 9.88 Å². The lowest BCUT2D eigenvalue weighted by molar-refractivity contribution is 0.0696. The molecule has 2 fully saturated rings. The van der Waals surface area contributed by atoms with Gasteiger partial charge < -0.3 is 10.0 Å². The topological polar surface area (TPSA) is 53.4 Å². The van der Waals surface area contributed by atoms with Gasteiger partial charge in [-0.25, -0.2) is 9.78 Å². The van der Waals surface area contributed by atoms with Crippen molar-refractivity contribution in [2.45, 2.75) is 51.9 Å². The Kier molecular flexibility index (Phi) is 3.87. The number of piperidine rings is 1. The third-order valence-electron chi connectivity index (χ3n) is 5.34. The molecule has 1 spiro atoms. The van der Waals surface area contributed by atoms with E-state index in [1.54, 1.807) is 6.07 Å². The van der Waals surface area contributed by atoms with Gasteiger partial charge in [-0.15, -0.1) is 0 Å². The molecule has 0 bridgehead atoms. The smallest absolute Gasteiger partial charge is 0.337 e. The van der Waals surface area contributed by atoms with Crippen molar-refractivity contribution in [2.24, 2.45) is 5.41 Å². The highest BCUT2D eigenvalue weighted by Crippen LogP contribution is 2.45. The van der Waals surface area contributed by atoms with E-state index in [9.17, 15) is 4.79 Å². The molecule has 0 unspecified atom stereocenters. The van der Waals surface area contributed by atoms with Crippen LogP contribution in [0.2, 0.25) is 0 Å². The third kappa shape index (κ3) is 2.89.